The Balaban J connectivity index is 1.64. The number of aryl methyl sites for hydroxylation is 2. The Kier molecular flexibility index (Phi) is 4.91. The largest absolute Gasteiger partial charge is 0.340 e. The lowest BCUT2D eigenvalue weighted by Crippen LogP contribution is -2.13. The smallest absolute Gasteiger partial charge is 0.229 e. The number of rotatable bonds is 5. The molecule has 0 atom stereocenters. The molecule has 1 amide bonds. The third-order valence-corrected chi connectivity index (χ3v) is 4.57. The molecule has 2 aromatic heterocycles. The van der Waals surface area contributed by atoms with Crippen molar-refractivity contribution >= 4 is 34.4 Å². The van der Waals surface area contributed by atoms with E-state index in [1.54, 1.807) is 17.5 Å². The first-order chi connectivity index (χ1) is 11.6. The monoisotopic (exact) mass is 337 g/mol. The average Bonchev–Trinajstić information content (AvgIpc) is 3.05. The van der Waals surface area contributed by atoms with E-state index < -0.39 is 0 Å². The summed E-state index contributed by atoms with van der Waals surface area (Å²) in [5, 5.41) is 8.18. The van der Waals surface area contributed by atoms with E-state index in [0.717, 1.165) is 16.4 Å². The third kappa shape index (κ3) is 4.00. The van der Waals surface area contributed by atoms with Gasteiger partial charge in [-0.05, 0) is 48.6 Å². The van der Waals surface area contributed by atoms with Gasteiger partial charge in [-0.15, -0.1) is 11.3 Å². The second kappa shape index (κ2) is 7.27. The molecule has 5 heteroatoms. The summed E-state index contributed by atoms with van der Waals surface area (Å²) in [5.74, 6) is 0.721. The number of anilines is 3. The number of nitrogens with one attached hydrogen (secondary N) is 2. The van der Waals surface area contributed by atoms with E-state index in [1.165, 1.54) is 11.1 Å². The van der Waals surface area contributed by atoms with Crippen molar-refractivity contribution in [3.05, 3.63) is 70.0 Å². The van der Waals surface area contributed by atoms with Crippen LogP contribution in [0.15, 0.2) is 54.0 Å². The van der Waals surface area contributed by atoms with Crippen LogP contribution in [0.4, 0.5) is 17.2 Å². The van der Waals surface area contributed by atoms with Gasteiger partial charge in [0.15, 0.2) is 0 Å². The summed E-state index contributed by atoms with van der Waals surface area (Å²) in [4.78, 5) is 17.4. The highest BCUT2D eigenvalue weighted by molar-refractivity contribution is 7.10. The predicted octanol–water partition coefficient (Wildman–Crippen LogP) is 4.68. The number of para-hydroxylation sites is 1. The van der Waals surface area contributed by atoms with E-state index in [9.17, 15) is 4.79 Å². The van der Waals surface area contributed by atoms with Crippen molar-refractivity contribution in [2.75, 3.05) is 10.6 Å². The van der Waals surface area contributed by atoms with Crippen molar-refractivity contribution < 1.29 is 4.79 Å². The lowest BCUT2D eigenvalue weighted by molar-refractivity contribution is -0.115. The molecule has 0 saturated carbocycles. The maximum atomic E-state index is 12.0. The number of hydrogen-bond donors (Lipinski definition) is 2. The number of nitrogens with zero attached hydrogens (tertiary/aromatic N) is 1. The van der Waals surface area contributed by atoms with E-state index in [1.807, 2.05) is 35.7 Å². The molecule has 0 aliphatic rings. The number of pyridine rings is 1. The molecule has 0 fully saturated rings. The van der Waals surface area contributed by atoms with E-state index in [2.05, 4.69) is 41.6 Å². The number of benzene rings is 1. The maximum absolute atomic E-state index is 12.0. The predicted molar refractivity (Wildman–Crippen MR) is 100 cm³/mol. The van der Waals surface area contributed by atoms with Crippen LogP contribution >= 0.6 is 11.3 Å². The number of amides is 1. The zero-order chi connectivity index (χ0) is 16.9. The Morgan fingerprint density at radius 1 is 1.08 bits per heavy atom. The van der Waals surface area contributed by atoms with Gasteiger partial charge in [0.05, 0.1) is 18.3 Å². The average molecular weight is 337 g/mol. The molecule has 0 spiro atoms. The van der Waals surface area contributed by atoms with Crippen molar-refractivity contribution in [1.82, 2.24) is 4.98 Å². The number of aromatic nitrogens is 1. The zero-order valence-electron chi connectivity index (χ0n) is 13.7. The Hall–Kier alpha value is -2.66. The van der Waals surface area contributed by atoms with Crippen molar-refractivity contribution in [2.45, 2.75) is 20.3 Å². The molecule has 0 radical (unpaired) electrons. The minimum Gasteiger partial charge on any atom is -0.340 e. The highest BCUT2D eigenvalue weighted by Crippen LogP contribution is 2.23. The zero-order valence-corrected chi connectivity index (χ0v) is 14.5. The van der Waals surface area contributed by atoms with Crippen molar-refractivity contribution in [3.8, 4) is 0 Å². The van der Waals surface area contributed by atoms with Crippen LogP contribution in [0.2, 0.25) is 0 Å². The number of carbonyl (C=O) groups is 1. The summed E-state index contributed by atoms with van der Waals surface area (Å²) < 4.78 is 0. The van der Waals surface area contributed by atoms with E-state index >= 15 is 0 Å². The second-order valence-electron chi connectivity index (χ2n) is 5.63. The SMILES string of the molecule is Cc1cccc(C)c1Nc1ccc(NC(=O)Cc2cccs2)cn1. The molecule has 1 aromatic carbocycles. The van der Waals surface area contributed by atoms with Gasteiger partial charge in [0.2, 0.25) is 5.91 Å². The minimum atomic E-state index is -0.0327. The maximum Gasteiger partial charge on any atom is 0.229 e. The molecule has 0 saturated heterocycles. The Morgan fingerprint density at radius 2 is 1.88 bits per heavy atom. The molecule has 0 aliphatic heterocycles. The van der Waals surface area contributed by atoms with Crippen LogP contribution in [0.25, 0.3) is 0 Å². The summed E-state index contributed by atoms with van der Waals surface area (Å²) in [5.41, 5.74) is 4.11. The van der Waals surface area contributed by atoms with Gasteiger partial charge in [-0.25, -0.2) is 4.98 Å². The second-order valence-corrected chi connectivity index (χ2v) is 6.66. The summed E-state index contributed by atoms with van der Waals surface area (Å²) in [6.07, 6.45) is 2.06. The highest BCUT2D eigenvalue weighted by atomic mass is 32.1. The van der Waals surface area contributed by atoms with Gasteiger partial charge in [-0.1, -0.05) is 24.3 Å². The van der Waals surface area contributed by atoms with E-state index in [4.69, 9.17) is 0 Å². The molecule has 2 N–H and O–H groups in total. The Morgan fingerprint density at radius 3 is 2.50 bits per heavy atom. The minimum absolute atomic E-state index is 0.0327. The van der Waals surface area contributed by atoms with E-state index in [-0.39, 0.29) is 5.91 Å². The molecule has 3 rings (SSSR count). The van der Waals surface area contributed by atoms with Crippen LogP contribution in [0.1, 0.15) is 16.0 Å². The molecule has 122 valence electrons. The van der Waals surface area contributed by atoms with Crippen LogP contribution in [0.3, 0.4) is 0 Å². The Labute approximate surface area is 145 Å². The Bertz CT molecular complexity index is 806. The van der Waals surface area contributed by atoms with Gasteiger partial charge in [-0.2, -0.15) is 0 Å². The number of hydrogen-bond acceptors (Lipinski definition) is 4. The molecule has 0 bridgehead atoms. The molecular weight excluding hydrogens is 318 g/mol. The number of thiophene rings is 1. The van der Waals surface area contributed by atoms with Crippen LogP contribution < -0.4 is 10.6 Å². The first-order valence-electron chi connectivity index (χ1n) is 7.73. The van der Waals surface area contributed by atoms with Crippen LogP contribution in [-0.4, -0.2) is 10.9 Å². The fourth-order valence-electron chi connectivity index (χ4n) is 2.46. The first-order valence-corrected chi connectivity index (χ1v) is 8.61. The topological polar surface area (TPSA) is 54.0 Å². The summed E-state index contributed by atoms with van der Waals surface area (Å²) >= 11 is 1.58. The van der Waals surface area contributed by atoms with Gasteiger partial charge < -0.3 is 10.6 Å². The van der Waals surface area contributed by atoms with Crippen molar-refractivity contribution in [3.63, 3.8) is 0 Å². The fraction of sp³-hybridized carbons (Fsp3) is 0.158. The highest BCUT2D eigenvalue weighted by Gasteiger charge is 2.06. The number of carbonyl (C=O) groups excluding carboxylic acids is 1. The van der Waals surface area contributed by atoms with Crippen LogP contribution in [-0.2, 0) is 11.2 Å². The summed E-state index contributed by atoms with van der Waals surface area (Å²) in [6, 6.07) is 13.8. The molecule has 0 aliphatic carbocycles. The van der Waals surface area contributed by atoms with Gasteiger partial charge in [0.25, 0.3) is 0 Å². The lowest BCUT2D eigenvalue weighted by atomic mass is 10.1. The first kappa shape index (κ1) is 16.2. The standard InChI is InChI=1S/C19H19N3OS/c1-13-5-3-6-14(2)19(13)22-17-9-8-15(12-20-17)21-18(23)11-16-7-4-10-24-16/h3-10,12H,11H2,1-2H3,(H,20,22)(H,21,23). The quantitative estimate of drug-likeness (QED) is 0.710. The van der Waals surface area contributed by atoms with Crippen LogP contribution in [0.5, 0.6) is 0 Å². The normalized spacial score (nSPS) is 10.4. The summed E-state index contributed by atoms with van der Waals surface area (Å²) in [6.45, 7) is 4.13. The van der Waals surface area contributed by atoms with Gasteiger partial charge in [0, 0.05) is 10.6 Å². The van der Waals surface area contributed by atoms with Gasteiger partial charge in [-0.3, -0.25) is 4.79 Å². The van der Waals surface area contributed by atoms with Crippen molar-refractivity contribution in [2.24, 2.45) is 0 Å². The third-order valence-electron chi connectivity index (χ3n) is 3.70. The molecule has 0 unspecified atom stereocenters. The molecule has 4 nitrogen and oxygen atoms in total. The van der Waals surface area contributed by atoms with Gasteiger partial charge in [0.1, 0.15) is 5.82 Å². The van der Waals surface area contributed by atoms with Crippen molar-refractivity contribution in [1.29, 1.82) is 0 Å². The lowest BCUT2D eigenvalue weighted by Gasteiger charge is -2.12. The fourth-order valence-corrected chi connectivity index (χ4v) is 3.16. The molecule has 3 aromatic rings. The molecule has 2 heterocycles. The summed E-state index contributed by atoms with van der Waals surface area (Å²) in [7, 11) is 0. The van der Waals surface area contributed by atoms with E-state index in [0.29, 0.717) is 12.1 Å². The van der Waals surface area contributed by atoms with Crippen LogP contribution in [0, 0.1) is 13.8 Å². The molecule has 24 heavy (non-hydrogen) atoms. The molecular formula is C19H19N3OS. The van der Waals surface area contributed by atoms with Gasteiger partial charge >= 0.3 is 0 Å².